The summed E-state index contributed by atoms with van der Waals surface area (Å²) in [5, 5.41) is 0. The molecule has 2 amide bonds. The van der Waals surface area contributed by atoms with E-state index >= 15 is 0 Å². The van der Waals surface area contributed by atoms with Crippen LogP contribution in [0.3, 0.4) is 0 Å². The van der Waals surface area contributed by atoms with Crippen LogP contribution in [0, 0.1) is 13.8 Å². The summed E-state index contributed by atoms with van der Waals surface area (Å²) in [6.07, 6.45) is 0. The maximum atomic E-state index is 12.7. The quantitative estimate of drug-likeness (QED) is 0.543. The number of para-hydroxylation sites is 1. The van der Waals surface area contributed by atoms with Gasteiger partial charge in [0.2, 0.25) is 10.0 Å². The first-order chi connectivity index (χ1) is 15.5. The Bertz CT molecular complexity index is 1260. The molecule has 0 bridgehead atoms. The lowest BCUT2D eigenvalue weighted by atomic mass is 10.2. The minimum absolute atomic E-state index is 0.0904. The van der Waals surface area contributed by atoms with E-state index in [9.17, 15) is 18.0 Å². The van der Waals surface area contributed by atoms with Crippen molar-refractivity contribution in [2.24, 2.45) is 0 Å². The average Bonchev–Trinajstić information content (AvgIpc) is 3.11. The number of aromatic nitrogens is 1. The Morgan fingerprint density at radius 3 is 2.06 bits per heavy atom. The fourth-order valence-electron chi connectivity index (χ4n) is 3.44. The summed E-state index contributed by atoms with van der Waals surface area (Å²) >= 11 is 0. The normalized spacial score (nSPS) is 11.6. The molecule has 1 heterocycles. The molecule has 0 unspecified atom stereocenters. The molecule has 0 aliphatic carbocycles. The van der Waals surface area contributed by atoms with Gasteiger partial charge >= 0.3 is 0 Å². The van der Waals surface area contributed by atoms with Crippen LogP contribution in [-0.4, -0.2) is 42.2 Å². The molecular weight excluding hydrogens is 440 g/mol. The summed E-state index contributed by atoms with van der Waals surface area (Å²) in [7, 11) is -2.14. The van der Waals surface area contributed by atoms with Crippen LogP contribution < -0.4 is 10.9 Å². The molecule has 33 heavy (non-hydrogen) atoms. The minimum Gasteiger partial charge on any atom is -0.318 e. The summed E-state index contributed by atoms with van der Waals surface area (Å²) in [4.78, 5) is 25.3. The largest absolute Gasteiger partial charge is 0.318 e. The van der Waals surface area contributed by atoms with E-state index in [1.807, 2.05) is 48.7 Å². The lowest BCUT2D eigenvalue weighted by molar-refractivity contribution is 0.0846. The standard InChI is InChI=1S/C24H28N4O4S/c1-16(2)27(5)33(31,32)21-13-11-19(12-14-21)23(29)25-26-24(30)22-15-17(3)28(18(22)4)20-9-7-6-8-10-20/h6-16H,1-5H3,(H,25,29)(H,26,30). The van der Waals surface area contributed by atoms with E-state index in [0.717, 1.165) is 17.1 Å². The monoisotopic (exact) mass is 468 g/mol. The van der Waals surface area contributed by atoms with Crippen LogP contribution in [0.2, 0.25) is 0 Å². The van der Waals surface area contributed by atoms with Gasteiger partial charge in [-0.2, -0.15) is 4.31 Å². The number of nitrogens with one attached hydrogen (secondary N) is 2. The molecule has 9 heteroatoms. The van der Waals surface area contributed by atoms with Gasteiger partial charge in [-0.1, -0.05) is 18.2 Å². The van der Waals surface area contributed by atoms with Crippen LogP contribution >= 0.6 is 0 Å². The zero-order chi connectivity index (χ0) is 24.3. The van der Waals surface area contributed by atoms with Gasteiger partial charge in [0.25, 0.3) is 11.8 Å². The molecule has 0 atom stereocenters. The zero-order valence-electron chi connectivity index (χ0n) is 19.3. The first-order valence-corrected chi connectivity index (χ1v) is 11.9. The number of aryl methyl sites for hydroxylation is 1. The molecule has 0 aliphatic heterocycles. The van der Waals surface area contributed by atoms with Crippen LogP contribution in [-0.2, 0) is 10.0 Å². The lowest BCUT2D eigenvalue weighted by Gasteiger charge is -2.21. The summed E-state index contributed by atoms with van der Waals surface area (Å²) < 4.78 is 28.3. The molecule has 0 radical (unpaired) electrons. The number of carbonyl (C=O) groups excluding carboxylic acids is 2. The Hall–Kier alpha value is -3.43. The van der Waals surface area contributed by atoms with Gasteiger partial charge in [0.15, 0.2) is 0 Å². The van der Waals surface area contributed by atoms with Gasteiger partial charge in [0.05, 0.1) is 10.5 Å². The molecule has 0 saturated heterocycles. The second kappa shape index (κ2) is 9.60. The SMILES string of the molecule is Cc1cc(C(=O)NNC(=O)c2ccc(S(=O)(=O)N(C)C(C)C)cc2)c(C)n1-c1ccccc1. The Kier molecular flexibility index (Phi) is 7.04. The molecule has 174 valence electrons. The van der Waals surface area contributed by atoms with Crippen molar-refractivity contribution >= 4 is 21.8 Å². The number of nitrogens with zero attached hydrogens (tertiary/aromatic N) is 2. The van der Waals surface area contributed by atoms with Crippen LogP contribution in [0.4, 0.5) is 0 Å². The van der Waals surface area contributed by atoms with E-state index in [2.05, 4.69) is 10.9 Å². The highest BCUT2D eigenvalue weighted by Gasteiger charge is 2.23. The number of amides is 2. The Balaban J connectivity index is 1.70. The van der Waals surface area contributed by atoms with Crippen molar-refractivity contribution in [3.63, 3.8) is 0 Å². The van der Waals surface area contributed by atoms with Crippen LogP contribution in [0.5, 0.6) is 0 Å². The van der Waals surface area contributed by atoms with Crippen molar-refractivity contribution in [2.75, 3.05) is 7.05 Å². The number of rotatable bonds is 6. The summed E-state index contributed by atoms with van der Waals surface area (Å²) in [6.45, 7) is 7.30. The van der Waals surface area contributed by atoms with Gasteiger partial charge in [-0.05, 0) is 70.2 Å². The van der Waals surface area contributed by atoms with Crippen molar-refractivity contribution in [1.29, 1.82) is 0 Å². The first-order valence-electron chi connectivity index (χ1n) is 10.5. The molecule has 0 saturated carbocycles. The van der Waals surface area contributed by atoms with Crippen LogP contribution in [0.1, 0.15) is 46.0 Å². The number of hydrogen-bond acceptors (Lipinski definition) is 4. The van der Waals surface area contributed by atoms with Gasteiger partial charge in [-0.15, -0.1) is 0 Å². The second-order valence-electron chi connectivity index (χ2n) is 8.00. The molecule has 0 spiro atoms. The summed E-state index contributed by atoms with van der Waals surface area (Å²) in [6, 6.07) is 16.8. The highest BCUT2D eigenvalue weighted by Crippen LogP contribution is 2.21. The lowest BCUT2D eigenvalue weighted by Crippen LogP contribution is -2.41. The number of sulfonamides is 1. The average molecular weight is 469 g/mol. The van der Waals surface area contributed by atoms with E-state index in [-0.39, 0.29) is 16.5 Å². The molecule has 3 rings (SSSR count). The summed E-state index contributed by atoms with van der Waals surface area (Å²) in [5.41, 5.74) is 8.04. The molecular formula is C24H28N4O4S. The van der Waals surface area contributed by atoms with Crippen LogP contribution in [0.25, 0.3) is 5.69 Å². The van der Waals surface area contributed by atoms with Gasteiger partial charge in [0.1, 0.15) is 0 Å². The maximum Gasteiger partial charge on any atom is 0.271 e. The third-order valence-electron chi connectivity index (χ3n) is 5.50. The fraction of sp³-hybridized carbons (Fsp3) is 0.250. The van der Waals surface area contributed by atoms with E-state index in [1.54, 1.807) is 19.9 Å². The van der Waals surface area contributed by atoms with Crippen molar-refractivity contribution in [1.82, 2.24) is 19.7 Å². The molecule has 0 fully saturated rings. The van der Waals surface area contributed by atoms with Crippen molar-refractivity contribution < 1.29 is 18.0 Å². The fourth-order valence-corrected chi connectivity index (χ4v) is 4.81. The van der Waals surface area contributed by atoms with E-state index in [0.29, 0.717) is 5.56 Å². The Morgan fingerprint density at radius 2 is 1.48 bits per heavy atom. The Labute approximate surface area is 194 Å². The van der Waals surface area contributed by atoms with Gasteiger partial charge in [-0.3, -0.25) is 20.4 Å². The predicted molar refractivity (Wildman–Crippen MR) is 127 cm³/mol. The van der Waals surface area contributed by atoms with Crippen LogP contribution in [0.15, 0.2) is 65.6 Å². The predicted octanol–water partition coefficient (Wildman–Crippen LogP) is 3.20. The van der Waals surface area contributed by atoms with Gasteiger partial charge in [-0.25, -0.2) is 8.42 Å². The number of hydrogen-bond donors (Lipinski definition) is 2. The smallest absolute Gasteiger partial charge is 0.271 e. The maximum absolute atomic E-state index is 12.7. The number of hydrazine groups is 1. The van der Waals surface area contributed by atoms with Crippen molar-refractivity contribution in [2.45, 2.75) is 38.6 Å². The number of carbonyl (C=O) groups is 2. The van der Waals surface area contributed by atoms with E-state index in [1.165, 1.54) is 35.6 Å². The van der Waals surface area contributed by atoms with E-state index in [4.69, 9.17) is 0 Å². The second-order valence-corrected chi connectivity index (χ2v) is 10.0. The molecule has 2 aromatic carbocycles. The molecule has 8 nitrogen and oxygen atoms in total. The molecule has 2 N–H and O–H groups in total. The molecule has 1 aromatic heterocycles. The first kappa shape index (κ1) is 24.2. The van der Waals surface area contributed by atoms with Gasteiger partial charge in [0, 0.05) is 35.7 Å². The van der Waals surface area contributed by atoms with Gasteiger partial charge < -0.3 is 4.57 Å². The van der Waals surface area contributed by atoms with Crippen molar-refractivity contribution in [3.8, 4) is 5.69 Å². The third kappa shape index (κ3) is 4.99. The minimum atomic E-state index is -3.64. The van der Waals surface area contributed by atoms with Crippen molar-refractivity contribution in [3.05, 3.63) is 83.2 Å². The van der Waals surface area contributed by atoms with E-state index < -0.39 is 21.8 Å². The topological polar surface area (TPSA) is 101 Å². The Morgan fingerprint density at radius 1 is 0.909 bits per heavy atom. The third-order valence-corrected chi connectivity index (χ3v) is 7.55. The molecule has 3 aromatic rings. The highest BCUT2D eigenvalue weighted by atomic mass is 32.2. The zero-order valence-corrected chi connectivity index (χ0v) is 20.1. The highest BCUT2D eigenvalue weighted by molar-refractivity contribution is 7.89. The number of benzene rings is 2. The summed E-state index contributed by atoms with van der Waals surface area (Å²) in [5.74, 6) is -1.00. The molecule has 0 aliphatic rings.